The molecule has 106 valence electrons. The maximum Gasteiger partial charge on any atom is 0.192 e. The Labute approximate surface area is 118 Å². The van der Waals surface area contributed by atoms with Gasteiger partial charge in [-0.05, 0) is 30.1 Å². The van der Waals surface area contributed by atoms with Crippen LogP contribution in [0, 0.1) is 5.92 Å². The number of aldehydes is 1. The van der Waals surface area contributed by atoms with Crippen molar-refractivity contribution in [3.63, 3.8) is 0 Å². The molecule has 0 aliphatic carbocycles. The Hall–Kier alpha value is -0.933. The molecule has 0 saturated carbocycles. The molecule has 2 nitrogen and oxygen atoms in total. The zero-order valence-corrected chi connectivity index (χ0v) is 13.8. The Morgan fingerprint density at radius 2 is 1.79 bits per heavy atom. The predicted octanol–water partition coefficient (Wildman–Crippen LogP) is 4.07. The van der Waals surface area contributed by atoms with Gasteiger partial charge in [-0.2, -0.15) is 0 Å². The molecular formula is C16H26O2Si. The van der Waals surface area contributed by atoms with E-state index in [0.717, 1.165) is 12.7 Å². The van der Waals surface area contributed by atoms with Crippen LogP contribution in [0.25, 0.3) is 0 Å². The van der Waals surface area contributed by atoms with E-state index in [4.69, 9.17) is 4.43 Å². The first-order chi connectivity index (χ1) is 8.76. The van der Waals surface area contributed by atoms with Crippen LogP contribution in [0.5, 0.6) is 0 Å². The van der Waals surface area contributed by atoms with Gasteiger partial charge < -0.3 is 9.22 Å². The first-order valence-corrected chi connectivity index (χ1v) is 9.80. The molecule has 0 aromatic heterocycles. The maximum absolute atomic E-state index is 11.2. The van der Waals surface area contributed by atoms with Crippen LogP contribution in [0.1, 0.15) is 26.3 Å². The average molecular weight is 278 g/mol. The Kier molecular flexibility index (Phi) is 5.50. The minimum atomic E-state index is -1.76. The van der Waals surface area contributed by atoms with Gasteiger partial charge in [0.2, 0.25) is 0 Å². The van der Waals surface area contributed by atoms with Crippen LogP contribution in [0.4, 0.5) is 0 Å². The van der Waals surface area contributed by atoms with Gasteiger partial charge in [0.25, 0.3) is 0 Å². The van der Waals surface area contributed by atoms with Crippen molar-refractivity contribution in [3.8, 4) is 0 Å². The largest absolute Gasteiger partial charge is 0.416 e. The van der Waals surface area contributed by atoms with Crippen LogP contribution in [-0.2, 0) is 15.6 Å². The standard InChI is InChI=1S/C16H26O2Si/c1-16(2,3)19(4,5)18-13-15(12-17)11-14-9-7-6-8-10-14/h6-10,12,15H,11,13H2,1-5H3/t15-/m0/s1. The zero-order valence-electron chi connectivity index (χ0n) is 12.8. The van der Waals surface area contributed by atoms with E-state index in [1.54, 1.807) is 0 Å². The topological polar surface area (TPSA) is 26.3 Å². The molecule has 1 rings (SSSR count). The summed E-state index contributed by atoms with van der Waals surface area (Å²) in [5.74, 6) is -0.0449. The van der Waals surface area contributed by atoms with E-state index < -0.39 is 8.32 Å². The highest BCUT2D eigenvalue weighted by molar-refractivity contribution is 6.74. The van der Waals surface area contributed by atoms with Gasteiger partial charge in [-0.1, -0.05) is 51.1 Å². The minimum absolute atomic E-state index is 0.0449. The van der Waals surface area contributed by atoms with E-state index in [2.05, 4.69) is 46.0 Å². The number of carbonyl (C=O) groups is 1. The lowest BCUT2D eigenvalue weighted by atomic mass is 10.0. The maximum atomic E-state index is 11.2. The predicted molar refractivity (Wildman–Crippen MR) is 82.8 cm³/mol. The molecule has 0 amide bonds. The third kappa shape index (κ3) is 4.92. The fourth-order valence-electron chi connectivity index (χ4n) is 1.60. The fraction of sp³-hybridized carbons (Fsp3) is 0.562. The minimum Gasteiger partial charge on any atom is -0.416 e. The van der Waals surface area contributed by atoms with E-state index in [1.165, 1.54) is 5.56 Å². The van der Waals surface area contributed by atoms with Crippen molar-refractivity contribution >= 4 is 14.6 Å². The third-order valence-electron chi connectivity index (χ3n) is 4.00. The Morgan fingerprint density at radius 3 is 2.26 bits per heavy atom. The molecule has 0 unspecified atom stereocenters. The summed E-state index contributed by atoms with van der Waals surface area (Å²) >= 11 is 0. The number of rotatable bonds is 6. The molecule has 0 radical (unpaired) electrons. The third-order valence-corrected chi connectivity index (χ3v) is 8.50. The van der Waals surface area contributed by atoms with Crippen molar-refractivity contribution in [2.75, 3.05) is 6.61 Å². The molecule has 0 saturated heterocycles. The lowest BCUT2D eigenvalue weighted by Crippen LogP contribution is -2.42. The van der Waals surface area contributed by atoms with Gasteiger partial charge in [0, 0.05) is 12.5 Å². The van der Waals surface area contributed by atoms with Gasteiger partial charge in [-0.3, -0.25) is 0 Å². The SMILES string of the molecule is CC(C)(C)[Si](C)(C)OC[C@H](C=O)Cc1ccccc1. The molecule has 0 aliphatic heterocycles. The molecule has 0 fully saturated rings. The highest BCUT2D eigenvalue weighted by Gasteiger charge is 2.37. The summed E-state index contributed by atoms with van der Waals surface area (Å²) in [4.78, 5) is 11.2. The molecule has 0 N–H and O–H groups in total. The Balaban J connectivity index is 2.57. The van der Waals surface area contributed by atoms with Crippen molar-refractivity contribution < 1.29 is 9.22 Å². The molecular weight excluding hydrogens is 252 g/mol. The second-order valence-corrected chi connectivity index (χ2v) is 11.5. The summed E-state index contributed by atoms with van der Waals surface area (Å²) in [6.45, 7) is 11.6. The Morgan fingerprint density at radius 1 is 1.21 bits per heavy atom. The average Bonchev–Trinajstić information content (AvgIpc) is 2.34. The van der Waals surface area contributed by atoms with Gasteiger partial charge in [-0.15, -0.1) is 0 Å². The lowest BCUT2D eigenvalue weighted by molar-refractivity contribution is -0.111. The van der Waals surface area contributed by atoms with Crippen LogP contribution in [-0.4, -0.2) is 21.2 Å². The molecule has 0 aliphatic rings. The monoisotopic (exact) mass is 278 g/mol. The molecule has 0 spiro atoms. The summed E-state index contributed by atoms with van der Waals surface area (Å²) in [5.41, 5.74) is 1.19. The van der Waals surface area contributed by atoms with E-state index in [1.807, 2.05) is 18.2 Å². The lowest BCUT2D eigenvalue weighted by Gasteiger charge is -2.36. The van der Waals surface area contributed by atoms with E-state index >= 15 is 0 Å². The summed E-state index contributed by atoms with van der Waals surface area (Å²) in [5, 5.41) is 0.188. The Bertz CT molecular complexity index is 393. The molecule has 1 atom stereocenters. The first kappa shape index (κ1) is 16.1. The van der Waals surface area contributed by atoms with Crippen LogP contribution < -0.4 is 0 Å². The normalized spacial score (nSPS) is 14.2. The number of hydrogen-bond acceptors (Lipinski definition) is 2. The van der Waals surface area contributed by atoms with Crippen LogP contribution in [0.15, 0.2) is 30.3 Å². The van der Waals surface area contributed by atoms with Gasteiger partial charge in [0.15, 0.2) is 8.32 Å². The van der Waals surface area contributed by atoms with Crippen LogP contribution in [0.3, 0.4) is 0 Å². The van der Waals surface area contributed by atoms with Crippen molar-refractivity contribution in [2.24, 2.45) is 5.92 Å². The molecule has 0 heterocycles. The summed E-state index contributed by atoms with van der Waals surface area (Å²) < 4.78 is 6.13. The highest BCUT2D eigenvalue weighted by atomic mass is 28.4. The van der Waals surface area contributed by atoms with E-state index in [0.29, 0.717) is 6.61 Å². The summed E-state index contributed by atoms with van der Waals surface area (Å²) in [6, 6.07) is 10.1. The van der Waals surface area contributed by atoms with Crippen LogP contribution in [0.2, 0.25) is 18.1 Å². The van der Waals surface area contributed by atoms with Gasteiger partial charge in [0.1, 0.15) is 6.29 Å². The molecule has 1 aromatic carbocycles. The second kappa shape index (κ2) is 6.48. The number of benzene rings is 1. The van der Waals surface area contributed by atoms with Crippen molar-refractivity contribution in [3.05, 3.63) is 35.9 Å². The first-order valence-electron chi connectivity index (χ1n) is 6.89. The van der Waals surface area contributed by atoms with E-state index in [-0.39, 0.29) is 11.0 Å². The van der Waals surface area contributed by atoms with Crippen molar-refractivity contribution in [2.45, 2.75) is 45.3 Å². The summed E-state index contributed by atoms with van der Waals surface area (Å²) in [7, 11) is -1.76. The van der Waals surface area contributed by atoms with E-state index in [9.17, 15) is 4.79 Å². The number of hydrogen-bond donors (Lipinski definition) is 0. The quantitative estimate of drug-likeness (QED) is 0.579. The smallest absolute Gasteiger partial charge is 0.192 e. The van der Waals surface area contributed by atoms with Gasteiger partial charge in [-0.25, -0.2) is 0 Å². The molecule has 1 aromatic rings. The highest BCUT2D eigenvalue weighted by Crippen LogP contribution is 2.36. The molecule has 0 bridgehead atoms. The van der Waals surface area contributed by atoms with Crippen LogP contribution >= 0.6 is 0 Å². The van der Waals surface area contributed by atoms with Gasteiger partial charge in [0.05, 0.1) is 0 Å². The summed E-state index contributed by atoms with van der Waals surface area (Å²) in [6.07, 6.45) is 1.79. The number of carbonyl (C=O) groups excluding carboxylic acids is 1. The zero-order chi connectivity index (χ0) is 14.5. The fourth-order valence-corrected chi connectivity index (χ4v) is 2.66. The second-order valence-electron chi connectivity index (χ2n) is 6.66. The van der Waals surface area contributed by atoms with Crippen molar-refractivity contribution in [1.82, 2.24) is 0 Å². The van der Waals surface area contributed by atoms with Crippen molar-refractivity contribution in [1.29, 1.82) is 0 Å². The van der Waals surface area contributed by atoms with Gasteiger partial charge >= 0.3 is 0 Å². The molecule has 3 heteroatoms. The molecule has 19 heavy (non-hydrogen) atoms.